The van der Waals surface area contributed by atoms with Crippen LogP contribution in [0.4, 0.5) is 11.4 Å². The van der Waals surface area contributed by atoms with Crippen LogP contribution in [-0.4, -0.2) is 57.7 Å². The molecule has 0 radical (unpaired) electrons. The predicted octanol–water partition coefficient (Wildman–Crippen LogP) is 2.57. The summed E-state index contributed by atoms with van der Waals surface area (Å²) in [6.07, 6.45) is 0.426. The molecule has 1 heterocycles. The van der Waals surface area contributed by atoms with Crippen molar-refractivity contribution in [2.45, 2.75) is 13.0 Å². The highest BCUT2D eigenvalue weighted by molar-refractivity contribution is 5.76. The van der Waals surface area contributed by atoms with Gasteiger partial charge < -0.3 is 25.2 Å². The highest BCUT2D eigenvalue weighted by atomic mass is 16.5. The van der Waals surface area contributed by atoms with Crippen molar-refractivity contribution in [1.29, 1.82) is 0 Å². The van der Waals surface area contributed by atoms with Crippen LogP contribution in [0, 0.1) is 0 Å². The predicted molar refractivity (Wildman–Crippen MR) is 114 cm³/mol. The molecule has 1 saturated heterocycles. The fourth-order valence-corrected chi connectivity index (χ4v) is 3.31. The minimum atomic E-state index is 0.0208. The third kappa shape index (κ3) is 5.63. The number of piperazine rings is 1. The van der Waals surface area contributed by atoms with Crippen molar-refractivity contribution >= 4 is 17.3 Å². The van der Waals surface area contributed by atoms with Gasteiger partial charge in [0.25, 0.3) is 0 Å². The summed E-state index contributed by atoms with van der Waals surface area (Å²) in [4.78, 5) is 16.9. The molecule has 0 aromatic heterocycles. The number of methoxy groups -OCH3 is 1. The SMILES string of the molecule is COc1ccccc1CNC(=O)CCNc1ccc(N2CCN(C)CC2)cc1. The number of ether oxygens (including phenoxy) is 1. The molecule has 0 bridgehead atoms. The lowest BCUT2D eigenvalue weighted by molar-refractivity contribution is -0.121. The number of likely N-dealkylation sites (N-methyl/N-ethyl adjacent to an activating group) is 1. The molecule has 0 spiro atoms. The molecule has 28 heavy (non-hydrogen) atoms. The molecular weight excluding hydrogens is 352 g/mol. The van der Waals surface area contributed by atoms with Gasteiger partial charge in [-0.25, -0.2) is 0 Å². The van der Waals surface area contributed by atoms with Gasteiger partial charge in [-0.05, 0) is 37.4 Å². The van der Waals surface area contributed by atoms with Crippen molar-refractivity contribution in [2.24, 2.45) is 0 Å². The third-order valence-corrected chi connectivity index (χ3v) is 5.09. The monoisotopic (exact) mass is 382 g/mol. The first-order valence-electron chi connectivity index (χ1n) is 9.82. The van der Waals surface area contributed by atoms with Gasteiger partial charge >= 0.3 is 0 Å². The number of nitrogens with one attached hydrogen (secondary N) is 2. The Balaban J connectivity index is 1.39. The molecule has 3 rings (SSSR count). The van der Waals surface area contributed by atoms with E-state index in [1.807, 2.05) is 24.3 Å². The van der Waals surface area contributed by atoms with Crippen molar-refractivity contribution in [3.63, 3.8) is 0 Å². The number of benzene rings is 2. The lowest BCUT2D eigenvalue weighted by Gasteiger charge is -2.34. The van der Waals surface area contributed by atoms with Gasteiger partial charge in [-0.2, -0.15) is 0 Å². The Morgan fingerprint density at radius 2 is 1.75 bits per heavy atom. The van der Waals surface area contributed by atoms with Gasteiger partial charge in [0.2, 0.25) is 5.91 Å². The number of rotatable bonds is 8. The molecule has 2 aromatic carbocycles. The summed E-state index contributed by atoms with van der Waals surface area (Å²) < 4.78 is 5.31. The number of para-hydroxylation sites is 1. The first-order valence-corrected chi connectivity index (χ1v) is 9.82. The second-order valence-electron chi connectivity index (χ2n) is 7.10. The maximum atomic E-state index is 12.1. The highest BCUT2D eigenvalue weighted by Crippen LogP contribution is 2.19. The van der Waals surface area contributed by atoms with E-state index in [0.717, 1.165) is 43.2 Å². The van der Waals surface area contributed by atoms with Crippen LogP contribution in [-0.2, 0) is 11.3 Å². The fraction of sp³-hybridized carbons (Fsp3) is 0.409. The zero-order chi connectivity index (χ0) is 19.8. The average molecular weight is 383 g/mol. The zero-order valence-corrected chi connectivity index (χ0v) is 16.8. The summed E-state index contributed by atoms with van der Waals surface area (Å²) in [6.45, 7) is 5.41. The van der Waals surface area contributed by atoms with E-state index in [1.54, 1.807) is 7.11 Å². The number of amides is 1. The Morgan fingerprint density at radius 3 is 2.46 bits per heavy atom. The van der Waals surface area contributed by atoms with Gasteiger partial charge in [-0.3, -0.25) is 4.79 Å². The Bertz CT molecular complexity index is 755. The van der Waals surface area contributed by atoms with E-state index in [4.69, 9.17) is 4.74 Å². The summed E-state index contributed by atoms with van der Waals surface area (Å²) in [7, 11) is 3.80. The molecule has 1 fully saturated rings. The third-order valence-electron chi connectivity index (χ3n) is 5.09. The number of carbonyl (C=O) groups is 1. The first-order chi connectivity index (χ1) is 13.7. The Labute approximate surface area is 167 Å². The molecule has 0 aliphatic carbocycles. The van der Waals surface area contributed by atoms with Crippen LogP contribution in [0.25, 0.3) is 0 Å². The average Bonchev–Trinajstić information content (AvgIpc) is 2.73. The molecule has 0 saturated carbocycles. The van der Waals surface area contributed by atoms with Gasteiger partial charge in [0.15, 0.2) is 0 Å². The molecule has 6 heteroatoms. The van der Waals surface area contributed by atoms with Crippen molar-refractivity contribution < 1.29 is 9.53 Å². The van der Waals surface area contributed by atoms with Gasteiger partial charge in [0.05, 0.1) is 7.11 Å². The van der Waals surface area contributed by atoms with Gasteiger partial charge in [0, 0.05) is 62.6 Å². The molecule has 0 atom stereocenters. The van der Waals surface area contributed by atoms with E-state index in [0.29, 0.717) is 19.5 Å². The summed E-state index contributed by atoms with van der Waals surface area (Å²) >= 11 is 0. The second kappa shape index (κ2) is 9.99. The van der Waals surface area contributed by atoms with Crippen molar-refractivity contribution in [3.8, 4) is 5.75 Å². The molecule has 6 nitrogen and oxygen atoms in total. The molecule has 1 aliphatic rings. The standard InChI is InChI=1S/C22H30N4O2/c1-25-13-15-26(16-14-25)20-9-7-19(8-10-20)23-12-11-22(27)24-17-18-5-3-4-6-21(18)28-2/h3-10,23H,11-17H2,1-2H3,(H,24,27). The Hall–Kier alpha value is -2.73. The lowest BCUT2D eigenvalue weighted by Crippen LogP contribution is -2.44. The van der Waals surface area contributed by atoms with Gasteiger partial charge in [-0.1, -0.05) is 18.2 Å². The Kier molecular flexibility index (Phi) is 7.14. The van der Waals surface area contributed by atoms with E-state index >= 15 is 0 Å². The topological polar surface area (TPSA) is 56.8 Å². The van der Waals surface area contributed by atoms with Gasteiger partial charge in [0.1, 0.15) is 5.75 Å². The smallest absolute Gasteiger partial charge is 0.222 e. The molecule has 1 aliphatic heterocycles. The maximum absolute atomic E-state index is 12.1. The summed E-state index contributed by atoms with van der Waals surface area (Å²) in [5.41, 5.74) is 3.27. The number of hydrogen-bond acceptors (Lipinski definition) is 5. The van der Waals surface area contributed by atoms with E-state index in [1.165, 1.54) is 5.69 Å². The largest absolute Gasteiger partial charge is 0.496 e. The second-order valence-corrected chi connectivity index (χ2v) is 7.10. The number of hydrogen-bond donors (Lipinski definition) is 2. The number of nitrogens with zero attached hydrogens (tertiary/aromatic N) is 2. The maximum Gasteiger partial charge on any atom is 0.222 e. The van der Waals surface area contributed by atoms with Crippen molar-refractivity contribution in [1.82, 2.24) is 10.2 Å². The lowest BCUT2D eigenvalue weighted by atomic mass is 10.2. The van der Waals surface area contributed by atoms with Gasteiger partial charge in [-0.15, -0.1) is 0 Å². The van der Waals surface area contributed by atoms with E-state index in [2.05, 4.69) is 51.7 Å². The fourth-order valence-electron chi connectivity index (χ4n) is 3.31. The Morgan fingerprint density at radius 1 is 1.04 bits per heavy atom. The van der Waals surface area contributed by atoms with E-state index < -0.39 is 0 Å². The number of anilines is 2. The summed E-state index contributed by atoms with van der Waals surface area (Å²) in [5.74, 6) is 0.814. The normalized spacial score (nSPS) is 14.6. The van der Waals surface area contributed by atoms with Crippen LogP contribution in [0.15, 0.2) is 48.5 Å². The van der Waals surface area contributed by atoms with E-state index in [9.17, 15) is 4.79 Å². The van der Waals surface area contributed by atoms with Crippen LogP contribution in [0.3, 0.4) is 0 Å². The minimum absolute atomic E-state index is 0.0208. The summed E-state index contributed by atoms with van der Waals surface area (Å²) in [5, 5.41) is 6.27. The molecule has 1 amide bonds. The molecule has 150 valence electrons. The van der Waals surface area contributed by atoms with Crippen LogP contribution >= 0.6 is 0 Å². The quantitative estimate of drug-likeness (QED) is 0.735. The van der Waals surface area contributed by atoms with E-state index in [-0.39, 0.29) is 5.91 Å². The zero-order valence-electron chi connectivity index (χ0n) is 16.8. The minimum Gasteiger partial charge on any atom is -0.496 e. The highest BCUT2D eigenvalue weighted by Gasteiger charge is 2.13. The molecule has 2 aromatic rings. The van der Waals surface area contributed by atoms with Crippen molar-refractivity contribution in [2.75, 3.05) is 57.1 Å². The van der Waals surface area contributed by atoms with Crippen LogP contribution < -0.4 is 20.3 Å². The summed E-state index contributed by atoms with van der Waals surface area (Å²) in [6, 6.07) is 16.2. The molecule has 0 unspecified atom stereocenters. The van der Waals surface area contributed by atoms with Crippen LogP contribution in [0.1, 0.15) is 12.0 Å². The van der Waals surface area contributed by atoms with Crippen molar-refractivity contribution in [3.05, 3.63) is 54.1 Å². The van der Waals surface area contributed by atoms with Crippen LogP contribution in [0.5, 0.6) is 5.75 Å². The molecular formula is C22H30N4O2. The molecule has 2 N–H and O–H groups in total. The number of carbonyl (C=O) groups excluding carboxylic acids is 1. The van der Waals surface area contributed by atoms with Crippen LogP contribution in [0.2, 0.25) is 0 Å². The first kappa shape index (κ1) is 20.0.